The second-order valence-corrected chi connectivity index (χ2v) is 10.4. The number of hydrogen-bond donors (Lipinski definition) is 2. The number of rotatable bonds is 6. The molecule has 0 radical (unpaired) electrons. The zero-order chi connectivity index (χ0) is 25.4. The van der Waals surface area contributed by atoms with Crippen LogP contribution >= 0.6 is 23.2 Å². The van der Waals surface area contributed by atoms with Crippen LogP contribution in [0.3, 0.4) is 0 Å². The summed E-state index contributed by atoms with van der Waals surface area (Å²) < 4.78 is 67.9. The fourth-order valence-corrected chi connectivity index (χ4v) is 5.07. The van der Waals surface area contributed by atoms with Crippen molar-refractivity contribution in [1.82, 2.24) is 9.71 Å². The summed E-state index contributed by atoms with van der Waals surface area (Å²) in [4.78, 5) is 14.0. The minimum Gasteiger partial charge on any atom is -0.322 e. The Bertz CT molecular complexity index is 1570. The van der Waals surface area contributed by atoms with Gasteiger partial charge in [0.1, 0.15) is 0 Å². The Hall–Kier alpha value is -2.85. The molecule has 0 aliphatic heterocycles. The van der Waals surface area contributed by atoms with Crippen LogP contribution in [0.4, 0.5) is 13.2 Å². The van der Waals surface area contributed by atoms with Crippen molar-refractivity contribution in [2.24, 2.45) is 0 Å². The molecule has 0 fully saturated rings. The molecule has 4 rings (SSSR count). The van der Waals surface area contributed by atoms with Crippen molar-refractivity contribution in [2.75, 3.05) is 0 Å². The van der Waals surface area contributed by atoms with Gasteiger partial charge in [-0.05, 0) is 59.5 Å². The lowest BCUT2D eigenvalue weighted by Crippen LogP contribution is -2.23. The van der Waals surface area contributed by atoms with E-state index in [9.17, 15) is 26.4 Å². The maximum atomic E-state index is 13.4. The zero-order valence-electron chi connectivity index (χ0n) is 17.8. The number of halogens is 5. The van der Waals surface area contributed by atoms with Crippen molar-refractivity contribution in [2.45, 2.75) is 24.0 Å². The number of H-pyrrole nitrogens is 1. The molecule has 0 spiro atoms. The van der Waals surface area contributed by atoms with Gasteiger partial charge in [-0.1, -0.05) is 47.5 Å². The lowest BCUT2D eigenvalue weighted by atomic mass is 10.0. The van der Waals surface area contributed by atoms with Crippen LogP contribution < -0.4 is 10.3 Å². The molecule has 1 aromatic heterocycles. The number of alkyl halides is 3. The van der Waals surface area contributed by atoms with Crippen molar-refractivity contribution in [3.8, 4) is 0 Å². The molecule has 0 amide bonds. The van der Waals surface area contributed by atoms with Gasteiger partial charge >= 0.3 is 6.18 Å². The second-order valence-electron chi connectivity index (χ2n) is 7.81. The van der Waals surface area contributed by atoms with Gasteiger partial charge in [-0.3, -0.25) is 4.79 Å². The predicted molar refractivity (Wildman–Crippen MR) is 129 cm³/mol. The quantitative estimate of drug-likeness (QED) is 0.318. The summed E-state index contributed by atoms with van der Waals surface area (Å²) in [6.07, 6.45) is -4.41. The molecule has 3 aromatic carbocycles. The molecule has 0 atom stereocenters. The summed E-state index contributed by atoms with van der Waals surface area (Å²) in [5.41, 5.74) is 0.0740. The standard InChI is InChI=1S/C24H17Cl2F3N2O3S/c25-17-5-4-16(21(26)11-17)13-30-35(33,34)18-6-1-14(2-7-18)9-15-3-8-22-19(10-15)20(24(27,28)29)12-23(32)31-22/h1-8,10-12,30H,9,13H2,(H,31,32). The first-order valence-corrected chi connectivity index (χ1v) is 12.4. The van der Waals surface area contributed by atoms with Crippen molar-refractivity contribution in [3.63, 3.8) is 0 Å². The fourth-order valence-electron chi connectivity index (χ4n) is 3.59. The van der Waals surface area contributed by atoms with Crippen LogP contribution in [0.25, 0.3) is 10.9 Å². The molecule has 0 aliphatic rings. The van der Waals surface area contributed by atoms with Crippen molar-refractivity contribution < 1.29 is 21.6 Å². The highest BCUT2D eigenvalue weighted by molar-refractivity contribution is 7.89. The van der Waals surface area contributed by atoms with Crippen molar-refractivity contribution in [1.29, 1.82) is 0 Å². The van der Waals surface area contributed by atoms with E-state index in [4.69, 9.17) is 23.2 Å². The minimum absolute atomic E-state index is 0.0270. The van der Waals surface area contributed by atoms with Crippen molar-refractivity contribution >= 4 is 44.1 Å². The Morgan fingerprint density at radius 1 is 0.886 bits per heavy atom. The maximum Gasteiger partial charge on any atom is 0.417 e. The van der Waals surface area contributed by atoms with Gasteiger partial charge in [-0.15, -0.1) is 0 Å². The number of aromatic amines is 1. The molecule has 35 heavy (non-hydrogen) atoms. The van der Waals surface area contributed by atoms with E-state index in [-0.39, 0.29) is 28.8 Å². The van der Waals surface area contributed by atoms with Gasteiger partial charge in [0.2, 0.25) is 15.6 Å². The first-order valence-electron chi connectivity index (χ1n) is 10.2. The Labute approximate surface area is 208 Å². The molecular weight excluding hydrogens is 524 g/mol. The SMILES string of the molecule is O=c1cc(C(F)(F)F)c2cc(Cc3ccc(S(=O)(=O)NCc4ccc(Cl)cc4Cl)cc3)ccc2[nH]1. The fraction of sp³-hybridized carbons (Fsp3) is 0.125. The zero-order valence-corrected chi connectivity index (χ0v) is 20.1. The Balaban J connectivity index is 1.53. The van der Waals surface area contributed by atoms with Crippen LogP contribution in [0, 0.1) is 0 Å². The third kappa shape index (κ3) is 5.87. The van der Waals surface area contributed by atoms with E-state index in [1.165, 1.54) is 30.3 Å². The molecule has 0 saturated heterocycles. The molecule has 0 aliphatic carbocycles. The Morgan fingerprint density at radius 2 is 1.57 bits per heavy atom. The van der Waals surface area contributed by atoms with Crippen LogP contribution in [0.15, 0.2) is 76.4 Å². The van der Waals surface area contributed by atoms with Crippen molar-refractivity contribution in [3.05, 3.63) is 109 Å². The maximum absolute atomic E-state index is 13.4. The Kier molecular flexibility index (Phi) is 6.97. The molecule has 11 heteroatoms. The van der Waals surface area contributed by atoms with Gasteiger partial charge < -0.3 is 4.98 Å². The van der Waals surface area contributed by atoms with Gasteiger partial charge in [0, 0.05) is 33.6 Å². The molecule has 5 nitrogen and oxygen atoms in total. The van der Waals surface area contributed by atoms with Gasteiger partial charge in [-0.25, -0.2) is 13.1 Å². The summed E-state index contributed by atoms with van der Waals surface area (Å²) in [5.74, 6) is 0. The molecule has 4 aromatic rings. The smallest absolute Gasteiger partial charge is 0.322 e. The first-order chi connectivity index (χ1) is 16.4. The summed E-state index contributed by atoms with van der Waals surface area (Å²) in [5, 5.41) is 0.661. The first kappa shape index (κ1) is 25.2. The van der Waals surface area contributed by atoms with Gasteiger partial charge in [0.15, 0.2) is 0 Å². The minimum atomic E-state index is -4.68. The van der Waals surface area contributed by atoms with E-state index in [0.717, 1.165) is 0 Å². The van der Waals surface area contributed by atoms with E-state index in [2.05, 4.69) is 9.71 Å². The monoisotopic (exact) mass is 540 g/mol. The number of benzene rings is 3. The van der Waals surface area contributed by atoms with E-state index in [0.29, 0.717) is 32.8 Å². The highest BCUT2D eigenvalue weighted by atomic mass is 35.5. The average Bonchev–Trinajstić information content (AvgIpc) is 2.78. The number of sulfonamides is 1. The van der Waals surface area contributed by atoms with E-state index < -0.39 is 27.3 Å². The summed E-state index contributed by atoms with van der Waals surface area (Å²) in [6, 6.07) is 15.7. The van der Waals surface area contributed by atoms with Crippen LogP contribution in [0.5, 0.6) is 0 Å². The lowest BCUT2D eigenvalue weighted by molar-refractivity contribution is -0.136. The topological polar surface area (TPSA) is 79.0 Å². The molecule has 0 unspecified atom stereocenters. The molecular formula is C24H17Cl2F3N2O3S. The largest absolute Gasteiger partial charge is 0.417 e. The molecule has 182 valence electrons. The Morgan fingerprint density at radius 3 is 2.23 bits per heavy atom. The third-order valence-corrected chi connectivity index (χ3v) is 7.33. The highest BCUT2D eigenvalue weighted by Gasteiger charge is 2.33. The molecule has 0 saturated carbocycles. The van der Waals surface area contributed by atoms with Crippen LogP contribution in [0.2, 0.25) is 10.0 Å². The number of nitrogens with one attached hydrogen (secondary N) is 2. The van der Waals surface area contributed by atoms with Crippen LogP contribution in [-0.2, 0) is 29.2 Å². The summed E-state index contributed by atoms with van der Waals surface area (Å²) >= 11 is 11.9. The predicted octanol–water partition coefficient (Wildman–Crippen LogP) is 5.92. The van der Waals surface area contributed by atoms with E-state index in [1.54, 1.807) is 30.3 Å². The molecule has 1 heterocycles. The van der Waals surface area contributed by atoms with Crippen LogP contribution in [-0.4, -0.2) is 13.4 Å². The van der Waals surface area contributed by atoms with Gasteiger partial charge in [0.25, 0.3) is 0 Å². The number of fused-ring (bicyclic) bond motifs is 1. The average molecular weight is 541 g/mol. The number of pyridine rings is 1. The van der Waals surface area contributed by atoms with E-state index in [1.807, 2.05) is 0 Å². The second kappa shape index (κ2) is 9.66. The third-order valence-electron chi connectivity index (χ3n) is 5.32. The van der Waals surface area contributed by atoms with E-state index >= 15 is 0 Å². The summed E-state index contributed by atoms with van der Waals surface area (Å²) in [7, 11) is -3.83. The van der Waals surface area contributed by atoms with Gasteiger partial charge in [0.05, 0.1) is 10.5 Å². The molecule has 0 bridgehead atoms. The lowest BCUT2D eigenvalue weighted by Gasteiger charge is -2.12. The number of aromatic nitrogens is 1. The molecule has 2 N–H and O–H groups in total. The van der Waals surface area contributed by atoms with Gasteiger partial charge in [-0.2, -0.15) is 13.2 Å². The normalized spacial score (nSPS) is 12.3. The highest BCUT2D eigenvalue weighted by Crippen LogP contribution is 2.33. The summed E-state index contributed by atoms with van der Waals surface area (Å²) in [6.45, 7) is -0.0270. The number of hydrogen-bond acceptors (Lipinski definition) is 3. The van der Waals surface area contributed by atoms with Crippen LogP contribution in [0.1, 0.15) is 22.3 Å².